The molecule has 3 rings (SSSR count). The zero-order valence-corrected chi connectivity index (χ0v) is 21.0. The van der Waals surface area contributed by atoms with Crippen molar-refractivity contribution in [3.05, 3.63) is 52.3 Å². The van der Waals surface area contributed by atoms with E-state index in [-0.39, 0.29) is 30.0 Å². The number of hydrogen-bond donors (Lipinski definition) is 2. The Morgan fingerprint density at radius 2 is 1.87 bits per heavy atom. The van der Waals surface area contributed by atoms with Crippen LogP contribution in [0.4, 0.5) is 5.95 Å². The van der Waals surface area contributed by atoms with Gasteiger partial charge in [-0.25, -0.2) is 9.97 Å². The summed E-state index contributed by atoms with van der Waals surface area (Å²) in [5.74, 6) is 1.56. The van der Waals surface area contributed by atoms with Gasteiger partial charge in [-0.1, -0.05) is 29.3 Å². The average Bonchev–Trinajstić information content (AvgIpc) is 2.74. The minimum atomic E-state index is 0. The predicted octanol–water partition coefficient (Wildman–Crippen LogP) is 3.45. The van der Waals surface area contributed by atoms with Crippen LogP contribution >= 0.6 is 47.2 Å². The lowest BCUT2D eigenvalue weighted by atomic mass is 10.1. The third-order valence-electron chi connectivity index (χ3n) is 4.93. The molecule has 1 saturated heterocycles. The molecule has 0 saturated carbocycles. The number of piperazine rings is 1. The fourth-order valence-electron chi connectivity index (χ4n) is 3.29. The van der Waals surface area contributed by atoms with Crippen molar-refractivity contribution in [1.82, 2.24) is 25.5 Å². The number of hydrogen-bond acceptors (Lipinski definition) is 5. The highest BCUT2D eigenvalue weighted by Gasteiger charge is 2.18. The zero-order valence-electron chi connectivity index (χ0n) is 17.2. The molecule has 30 heavy (non-hydrogen) atoms. The third kappa shape index (κ3) is 7.11. The monoisotopic (exact) mass is 563 g/mol. The summed E-state index contributed by atoms with van der Waals surface area (Å²) >= 11 is 12.3. The van der Waals surface area contributed by atoms with E-state index >= 15 is 0 Å². The Balaban J connectivity index is 0.00000320. The van der Waals surface area contributed by atoms with Crippen LogP contribution in [0.15, 0.2) is 41.7 Å². The highest BCUT2D eigenvalue weighted by molar-refractivity contribution is 14.0. The second-order valence-corrected chi connectivity index (χ2v) is 7.75. The summed E-state index contributed by atoms with van der Waals surface area (Å²) in [6.07, 6.45) is 3.57. The highest BCUT2D eigenvalue weighted by atomic mass is 127. The molecular weight excluding hydrogens is 536 g/mol. The molecule has 0 amide bonds. The number of nitrogens with one attached hydrogen (secondary N) is 2. The predicted molar refractivity (Wildman–Crippen MR) is 135 cm³/mol. The van der Waals surface area contributed by atoms with Gasteiger partial charge in [-0.3, -0.25) is 9.89 Å². The summed E-state index contributed by atoms with van der Waals surface area (Å²) in [4.78, 5) is 17.6. The maximum absolute atomic E-state index is 6.31. The van der Waals surface area contributed by atoms with Crippen LogP contribution in [0.3, 0.4) is 0 Å². The minimum Gasteiger partial charge on any atom is -0.355 e. The van der Waals surface area contributed by atoms with Gasteiger partial charge in [0.1, 0.15) is 0 Å². The molecule has 1 atom stereocenters. The van der Waals surface area contributed by atoms with Crippen LogP contribution < -0.4 is 15.5 Å². The Morgan fingerprint density at radius 1 is 1.17 bits per heavy atom. The van der Waals surface area contributed by atoms with Gasteiger partial charge in [-0.15, -0.1) is 24.0 Å². The van der Waals surface area contributed by atoms with Crippen LogP contribution in [-0.4, -0.2) is 67.1 Å². The summed E-state index contributed by atoms with van der Waals surface area (Å²) in [5.41, 5.74) is 0.985. The van der Waals surface area contributed by atoms with E-state index in [1.165, 1.54) is 0 Å². The zero-order chi connectivity index (χ0) is 20.6. The molecule has 164 valence electrons. The normalized spacial score (nSPS) is 16.0. The molecule has 1 unspecified atom stereocenters. The molecule has 0 radical (unpaired) electrons. The lowest BCUT2D eigenvalue weighted by molar-refractivity contribution is 0.260. The first-order valence-corrected chi connectivity index (χ1v) is 10.5. The van der Waals surface area contributed by atoms with Crippen molar-refractivity contribution in [2.45, 2.75) is 13.0 Å². The molecule has 10 heteroatoms. The number of aliphatic imine (C=N–C) groups is 1. The largest absolute Gasteiger partial charge is 0.355 e. The van der Waals surface area contributed by atoms with E-state index in [1.807, 2.05) is 25.1 Å². The summed E-state index contributed by atoms with van der Waals surface area (Å²) in [6, 6.07) is 7.39. The first kappa shape index (κ1) is 24.9. The molecule has 1 aliphatic rings. The Morgan fingerprint density at radius 3 is 2.50 bits per heavy atom. The van der Waals surface area contributed by atoms with Crippen molar-refractivity contribution in [3.8, 4) is 0 Å². The number of rotatable bonds is 6. The van der Waals surface area contributed by atoms with Crippen LogP contribution in [0, 0.1) is 0 Å². The molecule has 0 spiro atoms. The fourth-order valence-corrected chi connectivity index (χ4v) is 3.86. The number of guanidine groups is 1. The number of halogens is 3. The summed E-state index contributed by atoms with van der Waals surface area (Å²) in [5, 5.41) is 8.04. The van der Waals surface area contributed by atoms with E-state index in [4.69, 9.17) is 23.2 Å². The summed E-state index contributed by atoms with van der Waals surface area (Å²) in [6.45, 7) is 7.65. The van der Waals surface area contributed by atoms with Gasteiger partial charge in [0.05, 0.1) is 6.04 Å². The van der Waals surface area contributed by atoms with E-state index in [2.05, 4.69) is 35.4 Å². The SMILES string of the molecule is CN=C(NCCN1CCN(c2ncccn2)CC1)NC(C)c1ccc(Cl)cc1Cl.I. The average molecular weight is 564 g/mol. The summed E-state index contributed by atoms with van der Waals surface area (Å²) in [7, 11) is 1.77. The van der Waals surface area contributed by atoms with Crippen molar-refractivity contribution >= 4 is 59.1 Å². The van der Waals surface area contributed by atoms with Crippen molar-refractivity contribution in [1.29, 1.82) is 0 Å². The molecule has 7 nitrogen and oxygen atoms in total. The van der Waals surface area contributed by atoms with Crippen molar-refractivity contribution in [2.24, 2.45) is 4.99 Å². The van der Waals surface area contributed by atoms with Crippen molar-refractivity contribution in [3.63, 3.8) is 0 Å². The Hall–Kier alpha value is -1.36. The van der Waals surface area contributed by atoms with Crippen LogP contribution in [-0.2, 0) is 0 Å². The lowest BCUT2D eigenvalue weighted by Gasteiger charge is -2.34. The third-order valence-corrected chi connectivity index (χ3v) is 5.50. The number of aromatic nitrogens is 2. The van der Waals surface area contributed by atoms with Gasteiger partial charge in [-0.05, 0) is 30.7 Å². The minimum absolute atomic E-state index is 0. The van der Waals surface area contributed by atoms with E-state index < -0.39 is 0 Å². The van der Waals surface area contributed by atoms with Gasteiger partial charge >= 0.3 is 0 Å². The number of nitrogens with zero attached hydrogens (tertiary/aromatic N) is 5. The molecule has 1 aromatic carbocycles. The Bertz CT molecular complexity index is 814. The van der Waals surface area contributed by atoms with Crippen molar-refractivity contribution in [2.75, 3.05) is 51.2 Å². The van der Waals surface area contributed by atoms with Gasteiger partial charge in [0.15, 0.2) is 5.96 Å². The smallest absolute Gasteiger partial charge is 0.225 e. The first-order valence-electron chi connectivity index (χ1n) is 9.73. The van der Waals surface area contributed by atoms with Crippen molar-refractivity contribution < 1.29 is 0 Å². The van der Waals surface area contributed by atoms with E-state index in [0.29, 0.717) is 10.0 Å². The molecule has 0 aliphatic carbocycles. The van der Waals surface area contributed by atoms with Crippen LogP contribution in [0.5, 0.6) is 0 Å². The van der Waals surface area contributed by atoms with Gasteiger partial charge in [-0.2, -0.15) is 0 Å². The van der Waals surface area contributed by atoms with E-state index in [1.54, 1.807) is 25.5 Å². The standard InChI is InChI=1S/C20H27Cl2N7.HI/c1-15(17-5-4-16(21)14-18(17)22)27-19(23-2)24-8-9-28-10-12-29(13-11-28)20-25-6-3-7-26-20;/h3-7,14-15H,8-13H2,1-2H3,(H2,23,24,27);1H. The molecule has 0 bridgehead atoms. The van der Waals surface area contributed by atoms with E-state index in [9.17, 15) is 0 Å². The number of benzene rings is 1. The molecule has 2 aromatic rings. The van der Waals surface area contributed by atoms with Crippen LogP contribution in [0.25, 0.3) is 0 Å². The Kier molecular flexibility index (Phi) is 10.4. The molecule has 2 heterocycles. The lowest BCUT2D eigenvalue weighted by Crippen LogP contribution is -2.49. The fraction of sp³-hybridized carbons (Fsp3) is 0.450. The van der Waals surface area contributed by atoms with Gasteiger partial charge in [0.2, 0.25) is 5.95 Å². The Labute approximate surface area is 205 Å². The summed E-state index contributed by atoms with van der Waals surface area (Å²) < 4.78 is 0. The first-order chi connectivity index (χ1) is 14.1. The number of anilines is 1. The molecular formula is C20H28Cl2IN7. The molecule has 1 aromatic heterocycles. The van der Waals surface area contributed by atoms with Gasteiger partial charge in [0, 0.05) is 68.8 Å². The second-order valence-electron chi connectivity index (χ2n) is 6.91. The maximum atomic E-state index is 6.31. The second kappa shape index (κ2) is 12.5. The van der Waals surface area contributed by atoms with Gasteiger partial charge < -0.3 is 15.5 Å². The molecule has 1 fully saturated rings. The topological polar surface area (TPSA) is 68.7 Å². The maximum Gasteiger partial charge on any atom is 0.225 e. The highest BCUT2D eigenvalue weighted by Crippen LogP contribution is 2.25. The van der Waals surface area contributed by atoms with E-state index in [0.717, 1.165) is 56.7 Å². The van der Waals surface area contributed by atoms with Gasteiger partial charge in [0.25, 0.3) is 0 Å². The molecule has 2 N–H and O–H groups in total. The quantitative estimate of drug-likeness (QED) is 0.319. The molecule has 1 aliphatic heterocycles. The van der Waals surface area contributed by atoms with Crippen LogP contribution in [0.2, 0.25) is 10.0 Å². The van der Waals surface area contributed by atoms with Crippen LogP contribution in [0.1, 0.15) is 18.5 Å².